The largest absolute Gasteiger partial charge is 0.323 e. The summed E-state index contributed by atoms with van der Waals surface area (Å²) < 4.78 is 26.3. The molecule has 2 aromatic heterocycles. The lowest BCUT2D eigenvalue weighted by Crippen LogP contribution is -2.55. The molecule has 0 aliphatic carbocycles. The van der Waals surface area contributed by atoms with Gasteiger partial charge in [0.1, 0.15) is 0 Å². The Morgan fingerprint density at radius 2 is 2.17 bits per heavy atom. The summed E-state index contributed by atoms with van der Waals surface area (Å²) in [6.07, 6.45) is 4.33. The SMILES string of the molecule is C[C@H]1CN(C(=O)Nc2cnc3cccnn23)CCN1S(C)(=O)=O. The second kappa shape index (κ2) is 5.78. The molecular formula is C13H18N6O3S. The molecule has 0 saturated carbocycles. The fourth-order valence-electron chi connectivity index (χ4n) is 2.72. The number of amides is 2. The molecule has 0 bridgehead atoms. The van der Waals surface area contributed by atoms with Crippen molar-refractivity contribution in [3.63, 3.8) is 0 Å². The molecule has 0 radical (unpaired) electrons. The van der Waals surface area contributed by atoms with Crippen molar-refractivity contribution in [2.75, 3.05) is 31.2 Å². The third-order valence-electron chi connectivity index (χ3n) is 3.79. The molecule has 1 atom stereocenters. The highest BCUT2D eigenvalue weighted by atomic mass is 32.2. The molecule has 1 fully saturated rings. The maximum absolute atomic E-state index is 12.4. The van der Waals surface area contributed by atoms with E-state index in [2.05, 4.69) is 15.4 Å². The van der Waals surface area contributed by atoms with Gasteiger partial charge in [0.05, 0.1) is 12.5 Å². The van der Waals surface area contributed by atoms with Gasteiger partial charge in [-0.05, 0) is 19.1 Å². The van der Waals surface area contributed by atoms with Gasteiger partial charge in [0.25, 0.3) is 0 Å². The van der Waals surface area contributed by atoms with Crippen LogP contribution >= 0.6 is 0 Å². The predicted octanol–water partition coefficient (Wildman–Crippen LogP) is 0.227. The van der Waals surface area contributed by atoms with Crippen LogP contribution in [0.1, 0.15) is 6.92 Å². The number of anilines is 1. The first-order valence-electron chi connectivity index (χ1n) is 7.18. The van der Waals surface area contributed by atoms with E-state index in [9.17, 15) is 13.2 Å². The molecule has 0 unspecified atom stereocenters. The average molecular weight is 338 g/mol. The second-order valence-electron chi connectivity index (χ2n) is 5.54. The number of rotatable bonds is 2. The van der Waals surface area contributed by atoms with Crippen molar-refractivity contribution in [2.24, 2.45) is 0 Å². The summed E-state index contributed by atoms with van der Waals surface area (Å²) in [6.45, 7) is 2.76. The van der Waals surface area contributed by atoms with Crippen LogP contribution in [0.3, 0.4) is 0 Å². The summed E-state index contributed by atoms with van der Waals surface area (Å²) >= 11 is 0. The number of carbonyl (C=O) groups excluding carboxylic acids is 1. The molecule has 9 nitrogen and oxygen atoms in total. The summed E-state index contributed by atoms with van der Waals surface area (Å²) in [6, 6.07) is 3.00. The van der Waals surface area contributed by atoms with Crippen LogP contribution < -0.4 is 5.32 Å². The Morgan fingerprint density at radius 3 is 2.87 bits per heavy atom. The Hall–Kier alpha value is -2.20. The fourth-order valence-corrected chi connectivity index (χ4v) is 3.85. The lowest BCUT2D eigenvalue weighted by atomic mass is 10.2. The maximum atomic E-state index is 12.4. The van der Waals surface area contributed by atoms with E-state index in [-0.39, 0.29) is 12.1 Å². The number of piperazine rings is 1. The number of imidazole rings is 1. The summed E-state index contributed by atoms with van der Waals surface area (Å²) in [5, 5.41) is 6.90. The van der Waals surface area contributed by atoms with E-state index in [0.717, 1.165) is 0 Å². The van der Waals surface area contributed by atoms with E-state index >= 15 is 0 Å². The van der Waals surface area contributed by atoms with Crippen LogP contribution in [0.5, 0.6) is 0 Å². The van der Waals surface area contributed by atoms with Gasteiger partial charge < -0.3 is 4.90 Å². The van der Waals surface area contributed by atoms with Crippen molar-refractivity contribution in [3.8, 4) is 0 Å². The first-order chi connectivity index (χ1) is 10.9. The molecular weight excluding hydrogens is 320 g/mol. The Morgan fingerprint density at radius 1 is 1.39 bits per heavy atom. The van der Waals surface area contributed by atoms with Crippen LogP contribution in [0, 0.1) is 0 Å². The molecule has 2 amide bonds. The molecule has 1 aliphatic heterocycles. The quantitative estimate of drug-likeness (QED) is 0.845. The van der Waals surface area contributed by atoms with Gasteiger partial charge in [-0.1, -0.05) is 0 Å². The molecule has 3 heterocycles. The molecule has 3 rings (SSSR count). The summed E-state index contributed by atoms with van der Waals surface area (Å²) in [7, 11) is -3.25. The van der Waals surface area contributed by atoms with Crippen LogP contribution in [0.15, 0.2) is 24.5 Å². The average Bonchev–Trinajstić information content (AvgIpc) is 2.89. The zero-order chi connectivity index (χ0) is 16.6. The molecule has 0 aromatic carbocycles. The van der Waals surface area contributed by atoms with E-state index in [4.69, 9.17) is 0 Å². The van der Waals surface area contributed by atoms with Crippen LogP contribution in [0.2, 0.25) is 0 Å². The Bertz CT molecular complexity index is 833. The van der Waals surface area contributed by atoms with Crippen molar-refractivity contribution >= 4 is 27.5 Å². The van der Waals surface area contributed by atoms with Gasteiger partial charge in [0, 0.05) is 31.9 Å². The topological polar surface area (TPSA) is 99.9 Å². The number of nitrogens with one attached hydrogen (secondary N) is 1. The monoisotopic (exact) mass is 338 g/mol. The van der Waals surface area contributed by atoms with Gasteiger partial charge in [-0.15, -0.1) is 0 Å². The Kier molecular flexibility index (Phi) is 3.94. The van der Waals surface area contributed by atoms with E-state index in [1.54, 1.807) is 30.2 Å². The highest BCUT2D eigenvalue weighted by Gasteiger charge is 2.32. The lowest BCUT2D eigenvalue weighted by Gasteiger charge is -2.38. The van der Waals surface area contributed by atoms with Gasteiger partial charge in [0.15, 0.2) is 11.5 Å². The van der Waals surface area contributed by atoms with Gasteiger partial charge >= 0.3 is 6.03 Å². The highest BCUT2D eigenvalue weighted by Crippen LogP contribution is 2.15. The number of urea groups is 1. The Labute approximate surface area is 133 Å². The first-order valence-corrected chi connectivity index (χ1v) is 9.02. The van der Waals surface area contributed by atoms with Crippen molar-refractivity contribution in [1.29, 1.82) is 0 Å². The third kappa shape index (κ3) is 3.13. The van der Waals surface area contributed by atoms with Gasteiger partial charge in [0.2, 0.25) is 10.0 Å². The smallest absolute Gasteiger partial charge is 0.322 e. The number of sulfonamides is 1. The molecule has 1 aliphatic rings. The molecule has 2 aromatic rings. The number of carbonyl (C=O) groups is 1. The number of hydrogen-bond acceptors (Lipinski definition) is 5. The molecule has 1 saturated heterocycles. The Balaban J connectivity index is 1.70. The molecule has 1 N–H and O–H groups in total. The van der Waals surface area contributed by atoms with Crippen molar-refractivity contribution in [1.82, 2.24) is 23.8 Å². The van der Waals surface area contributed by atoms with E-state index in [0.29, 0.717) is 31.1 Å². The van der Waals surface area contributed by atoms with Crippen LogP contribution in [-0.2, 0) is 10.0 Å². The predicted molar refractivity (Wildman–Crippen MR) is 84.6 cm³/mol. The zero-order valence-electron chi connectivity index (χ0n) is 12.9. The number of hydrogen-bond donors (Lipinski definition) is 1. The van der Waals surface area contributed by atoms with Crippen molar-refractivity contribution < 1.29 is 13.2 Å². The summed E-state index contributed by atoms with van der Waals surface area (Å²) in [5.41, 5.74) is 0.637. The highest BCUT2D eigenvalue weighted by molar-refractivity contribution is 7.88. The molecule has 23 heavy (non-hydrogen) atoms. The van der Waals surface area contributed by atoms with Gasteiger partial charge in [-0.25, -0.2) is 18.2 Å². The minimum Gasteiger partial charge on any atom is -0.322 e. The molecule has 124 valence electrons. The van der Waals surface area contributed by atoms with Crippen molar-refractivity contribution in [3.05, 3.63) is 24.5 Å². The van der Waals surface area contributed by atoms with E-state index in [1.807, 2.05) is 0 Å². The van der Waals surface area contributed by atoms with Crippen LogP contribution in [-0.4, -0.2) is 70.2 Å². The third-order valence-corrected chi connectivity index (χ3v) is 5.19. The maximum Gasteiger partial charge on any atom is 0.323 e. The van der Waals surface area contributed by atoms with Gasteiger partial charge in [-0.2, -0.15) is 13.9 Å². The molecule has 0 spiro atoms. The number of fused-ring (bicyclic) bond motifs is 1. The van der Waals surface area contributed by atoms with Gasteiger partial charge in [-0.3, -0.25) is 5.32 Å². The minimum absolute atomic E-state index is 0.259. The normalized spacial score (nSPS) is 19.9. The summed E-state index contributed by atoms with van der Waals surface area (Å²) in [4.78, 5) is 18.1. The second-order valence-corrected chi connectivity index (χ2v) is 7.47. The molecule has 10 heteroatoms. The summed E-state index contributed by atoms with van der Waals surface area (Å²) in [5.74, 6) is 0.476. The van der Waals surface area contributed by atoms with E-state index in [1.165, 1.54) is 21.3 Å². The fraction of sp³-hybridized carbons (Fsp3) is 0.462. The zero-order valence-corrected chi connectivity index (χ0v) is 13.7. The van der Waals surface area contributed by atoms with Crippen LogP contribution in [0.25, 0.3) is 5.65 Å². The first kappa shape index (κ1) is 15.7. The lowest BCUT2D eigenvalue weighted by molar-refractivity contribution is 0.157. The minimum atomic E-state index is -3.25. The number of nitrogens with zero attached hydrogens (tertiary/aromatic N) is 5. The van der Waals surface area contributed by atoms with Crippen molar-refractivity contribution in [2.45, 2.75) is 13.0 Å². The standard InChI is InChI=1S/C13H18N6O3S/c1-10-9-17(6-7-18(10)23(2,21)22)13(20)16-12-8-14-11-4-3-5-15-19(11)12/h3-5,8,10H,6-7,9H2,1-2H3,(H,16,20)/t10-/m0/s1. The number of aromatic nitrogens is 3. The van der Waals surface area contributed by atoms with Crippen LogP contribution in [0.4, 0.5) is 10.6 Å². The van der Waals surface area contributed by atoms with E-state index < -0.39 is 10.0 Å².